The maximum atomic E-state index is 12.6. The third-order valence-corrected chi connectivity index (χ3v) is 5.44. The van der Waals surface area contributed by atoms with Gasteiger partial charge in [0.05, 0.1) is 7.11 Å². The molecule has 1 aromatic rings. The molecule has 0 spiro atoms. The van der Waals surface area contributed by atoms with Crippen LogP contribution in [0.1, 0.15) is 38.2 Å². The molecule has 2 rings (SSSR count). The van der Waals surface area contributed by atoms with E-state index in [1.165, 1.54) is 20.0 Å². The molecule has 3 N–H and O–H groups in total. The van der Waals surface area contributed by atoms with Crippen molar-refractivity contribution in [3.05, 3.63) is 23.8 Å². The van der Waals surface area contributed by atoms with Gasteiger partial charge in [0, 0.05) is 12.6 Å². The SMILES string of the molecule is CCC(CC1CC1)NS(=O)(=O)c1ccc(CN)cc1OC. The minimum absolute atomic E-state index is 0.0126. The standard InChI is InChI=1S/C15H24N2O3S/c1-3-13(8-11-4-5-11)17-21(18,19)15-7-6-12(10-16)9-14(15)20-2/h6-7,9,11,13,17H,3-5,8,10,16H2,1-2H3. The van der Waals surface area contributed by atoms with Crippen molar-refractivity contribution in [2.45, 2.75) is 50.1 Å². The number of ether oxygens (including phenoxy) is 1. The van der Waals surface area contributed by atoms with E-state index in [1.807, 2.05) is 6.92 Å². The van der Waals surface area contributed by atoms with Crippen LogP contribution in [0.4, 0.5) is 0 Å². The summed E-state index contributed by atoms with van der Waals surface area (Å²) in [5.74, 6) is 1.02. The van der Waals surface area contributed by atoms with Crippen molar-refractivity contribution < 1.29 is 13.2 Å². The summed E-state index contributed by atoms with van der Waals surface area (Å²) in [6.45, 7) is 2.35. The molecule has 1 aromatic carbocycles. The minimum Gasteiger partial charge on any atom is -0.495 e. The average Bonchev–Trinajstić information content (AvgIpc) is 3.29. The number of nitrogens with one attached hydrogen (secondary N) is 1. The lowest BCUT2D eigenvalue weighted by molar-refractivity contribution is 0.401. The van der Waals surface area contributed by atoms with Crippen LogP contribution >= 0.6 is 0 Å². The van der Waals surface area contributed by atoms with Gasteiger partial charge in [-0.15, -0.1) is 0 Å². The van der Waals surface area contributed by atoms with Crippen LogP contribution in [0.5, 0.6) is 5.75 Å². The third kappa shape index (κ3) is 4.18. The number of hydrogen-bond acceptors (Lipinski definition) is 4. The normalized spacial score (nSPS) is 16.7. The van der Waals surface area contributed by atoms with E-state index in [4.69, 9.17) is 10.5 Å². The summed E-state index contributed by atoms with van der Waals surface area (Å²) < 4.78 is 33.1. The fourth-order valence-corrected chi connectivity index (χ4v) is 3.88. The zero-order valence-electron chi connectivity index (χ0n) is 12.6. The Morgan fingerprint density at radius 2 is 2.14 bits per heavy atom. The first kappa shape index (κ1) is 16.3. The molecule has 0 amide bonds. The van der Waals surface area contributed by atoms with Crippen molar-refractivity contribution in [1.82, 2.24) is 4.72 Å². The summed E-state index contributed by atoms with van der Waals surface area (Å²) in [5, 5.41) is 0. The van der Waals surface area contributed by atoms with Crippen molar-refractivity contribution in [2.24, 2.45) is 11.7 Å². The number of sulfonamides is 1. The monoisotopic (exact) mass is 312 g/mol. The van der Waals surface area contributed by atoms with Crippen molar-refractivity contribution in [3.63, 3.8) is 0 Å². The summed E-state index contributed by atoms with van der Waals surface area (Å²) in [6.07, 6.45) is 4.14. The van der Waals surface area contributed by atoms with Crippen molar-refractivity contribution in [1.29, 1.82) is 0 Å². The second kappa shape index (κ2) is 6.77. The molecule has 0 bridgehead atoms. The van der Waals surface area contributed by atoms with E-state index in [1.54, 1.807) is 18.2 Å². The van der Waals surface area contributed by atoms with Crippen LogP contribution in [0.15, 0.2) is 23.1 Å². The fraction of sp³-hybridized carbons (Fsp3) is 0.600. The van der Waals surface area contributed by atoms with E-state index in [9.17, 15) is 8.42 Å². The Balaban J connectivity index is 2.21. The molecule has 5 nitrogen and oxygen atoms in total. The molecule has 1 fully saturated rings. The molecule has 1 aliphatic carbocycles. The van der Waals surface area contributed by atoms with Crippen LogP contribution in [-0.2, 0) is 16.6 Å². The maximum Gasteiger partial charge on any atom is 0.244 e. The van der Waals surface area contributed by atoms with Gasteiger partial charge >= 0.3 is 0 Å². The first-order chi connectivity index (χ1) is 10.00. The molecule has 1 saturated carbocycles. The third-order valence-electron chi connectivity index (χ3n) is 3.88. The van der Waals surface area contributed by atoms with Crippen LogP contribution in [-0.4, -0.2) is 21.6 Å². The molecule has 1 unspecified atom stereocenters. The van der Waals surface area contributed by atoms with Gasteiger partial charge in [0.25, 0.3) is 0 Å². The molecule has 0 aliphatic heterocycles. The summed E-state index contributed by atoms with van der Waals surface area (Å²) >= 11 is 0. The van der Waals surface area contributed by atoms with Gasteiger partial charge in [0.1, 0.15) is 10.6 Å². The van der Waals surface area contributed by atoms with Gasteiger partial charge in [-0.3, -0.25) is 0 Å². The highest BCUT2D eigenvalue weighted by atomic mass is 32.2. The highest BCUT2D eigenvalue weighted by Crippen LogP contribution is 2.34. The number of methoxy groups -OCH3 is 1. The van der Waals surface area contributed by atoms with E-state index in [0.29, 0.717) is 18.2 Å². The van der Waals surface area contributed by atoms with Crippen molar-refractivity contribution in [2.75, 3.05) is 7.11 Å². The van der Waals surface area contributed by atoms with Crippen molar-refractivity contribution >= 4 is 10.0 Å². The Morgan fingerprint density at radius 3 is 2.67 bits per heavy atom. The van der Waals surface area contributed by atoms with Gasteiger partial charge in [0.2, 0.25) is 10.0 Å². The molecule has 1 aliphatic rings. The second-order valence-electron chi connectivity index (χ2n) is 5.59. The summed E-state index contributed by atoms with van der Waals surface area (Å²) in [6, 6.07) is 4.95. The first-order valence-corrected chi connectivity index (χ1v) is 8.87. The minimum atomic E-state index is -3.57. The Morgan fingerprint density at radius 1 is 1.43 bits per heavy atom. The zero-order chi connectivity index (χ0) is 15.5. The van der Waals surface area contributed by atoms with Gasteiger partial charge in [-0.2, -0.15) is 0 Å². The van der Waals surface area contributed by atoms with E-state index in [-0.39, 0.29) is 10.9 Å². The Labute approximate surface area is 126 Å². The quantitative estimate of drug-likeness (QED) is 0.769. The average molecular weight is 312 g/mol. The summed E-state index contributed by atoms with van der Waals surface area (Å²) in [4.78, 5) is 0.177. The Hall–Kier alpha value is -1.11. The van der Waals surface area contributed by atoms with E-state index < -0.39 is 10.0 Å². The van der Waals surface area contributed by atoms with E-state index in [2.05, 4.69) is 4.72 Å². The molecule has 0 radical (unpaired) electrons. The fourth-order valence-electron chi connectivity index (χ4n) is 2.40. The maximum absolute atomic E-state index is 12.6. The molecule has 0 aromatic heterocycles. The van der Waals surface area contributed by atoms with E-state index in [0.717, 1.165) is 18.4 Å². The van der Waals surface area contributed by atoms with Crippen LogP contribution in [0, 0.1) is 5.92 Å². The molecule has 21 heavy (non-hydrogen) atoms. The Bertz CT molecular complexity index is 583. The molecule has 118 valence electrons. The first-order valence-electron chi connectivity index (χ1n) is 7.39. The van der Waals surface area contributed by atoms with E-state index >= 15 is 0 Å². The van der Waals surface area contributed by atoms with Gasteiger partial charge in [0.15, 0.2) is 0 Å². The molecular formula is C15H24N2O3S. The molecule has 1 atom stereocenters. The molecule has 6 heteroatoms. The number of nitrogens with two attached hydrogens (primary N) is 1. The predicted molar refractivity (Wildman–Crippen MR) is 82.6 cm³/mol. The highest BCUT2D eigenvalue weighted by Gasteiger charge is 2.28. The smallest absolute Gasteiger partial charge is 0.244 e. The molecular weight excluding hydrogens is 288 g/mol. The number of rotatable bonds is 8. The van der Waals surface area contributed by atoms with Crippen LogP contribution in [0.25, 0.3) is 0 Å². The topological polar surface area (TPSA) is 81.4 Å². The molecule has 0 heterocycles. The van der Waals surface area contributed by atoms with Crippen LogP contribution < -0.4 is 15.2 Å². The molecule has 0 saturated heterocycles. The Kier molecular flexibility index (Phi) is 5.24. The lowest BCUT2D eigenvalue weighted by atomic mass is 10.1. The van der Waals surface area contributed by atoms with Gasteiger partial charge in [-0.25, -0.2) is 13.1 Å². The van der Waals surface area contributed by atoms with Gasteiger partial charge in [-0.05, 0) is 36.5 Å². The summed E-state index contributed by atoms with van der Waals surface area (Å²) in [7, 11) is -2.10. The van der Waals surface area contributed by atoms with Crippen LogP contribution in [0.3, 0.4) is 0 Å². The number of benzene rings is 1. The van der Waals surface area contributed by atoms with Crippen molar-refractivity contribution in [3.8, 4) is 5.75 Å². The summed E-state index contributed by atoms with van der Waals surface area (Å²) in [5.41, 5.74) is 6.42. The predicted octanol–water partition coefficient (Wildman–Crippen LogP) is 2.01. The van der Waals surface area contributed by atoms with Gasteiger partial charge in [-0.1, -0.05) is 25.8 Å². The lowest BCUT2D eigenvalue weighted by Gasteiger charge is -2.18. The lowest BCUT2D eigenvalue weighted by Crippen LogP contribution is -2.35. The second-order valence-corrected chi connectivity index (χ2v) is 7.28. The van der Waals surface area contributed by atoms with Gasteiger partial charge < -0.3 is 10.5 Å². The zero-order valence-corrected chi connectivity index (χ0v) is 13.4. The number of hydrogen-bond donors (Lipinski definition) is 2. The largest absolute Gasteiger partial charge is 0.495 e. The van der Waals surface area contributed by atoms with Crippen LogP contribution in [0.2, 0.25) is 0 Å². The highest BCUT2D eigenvalue weighted by molar-refractivity contribution is 7.89.